The Labute approximate surface area is 185 Å². The summed E-state index contributed by atoms with van der Waals surface area (Å²) < 4.78 is 2.52. The molecule has 154 valence electrons. The van der Waals surface area contributed by atoms with Crippen molar-refractivity contribution in [1.29, 1.82) is 0 Å². The van der Waals surface area contributed by atoms with Gasteiger partial charge in [0.25, 0.3) is 0 Å². The Morgan fingerprint density at radius 2 is 1.13 bits per heavy atom. The van der Waals surface area contributed by atoms with Gasteiger partial charge in [-0.15, -0.1) is 0 Å². The van der Waals surface area contributed by atoms with Crippen molar-refractivity contribution in [3.05, 3.63) is 96.6 Å². The molecule has 0 aliphatic carbocycles. The van der Waals surface area contributed by atoms with E-state index in [2.05, 4.69) is 123 Å². The number of rotatable bonds is 4. The third-order valence-electron chi connectivity index (χ3n) is 6.29. The molecular weight excluding hydrogens is 374 g/mol. The summed E-state index contributed by atoms with van der Waals surface area (Å²) >= 11 is 0. The highest BCUT2D eigenvalue weighted by molar-refractivity contribution is 6.12. The first kappa shape index (κ1) is 19.6. The zero-order valence-corrected chi connectivity index (χ0v) is 18.8. The van der Waals surface area contributed by atoms with Crippen LogP contribution in [0.5, 0.6) is 0 Å². The van der Waals surface area contributed by atoms with Crippen molar-refractivity contribution in [3.8, 4) is 22.3 Å². The van der Waals surface area contributed by atoms with Gasteiger partial charge in [0.15, 0.2) is 0 Å². The van der Waals surface area contributed by atoms with Crippen LogP contribution in [0.2, 0.25) is 0 Å². The number of fused-ring (bicyclic) bond motifs is 3. The minimum atomic E-state index is 0.372. The van der Waals surface area contributed by atoms with Gasteiger partial charge in [-0.05, 0) is 59.7 Å². The first-order valence-corrected chi connectivity index (χ1v) is 11.3. The van der Waals surface area contributed by atoms with Gasteiger partial charge in [0.1, 0.15) is 0 Å². The molecule has 0 saturated heterocycles. The van der Waals surface area contributed by atoms with E-state index in [1.165, 1.54) is 49.6 Å². The monoisotopic (exact) mass is 403 g/mol. The molecule has 0 amide bonds. The number of aromatic nitrogens is 1. The van der Waals surface area contributed by atoms with Gasteiger partial charge in [-0.25, -0.2) is 0 Å². The summed E-state index contributed by atoms with van der Waals surface area (Å²) in [6, 6.07) is 33.6. The highest BCUT2D eigenvalue weighted by Gasteiger charge is 2.19. The van der Waals surface area contributed by atoms with Crippen molar-refractivity contribution in [1.82, 2.24) is 4.57 Å². The maximum atomic E-state index is 2.52. The lowest BCUT2D eigenvalue weighted by Gasteiger charge is -2.15. The maximum absolute atomic E-state index is 2.52. The molecule has 0 spiro atoms. The van der Waals surface area contributed by atoms with E-state index in [9.17, 15) is 0 Å². The van der Waals surface area contributed by atoms with Crippen LogP contribution in [0.4, 0.5) is 0 Å². The van der Waals surface area contributed by atoms with Crippen molar-refractivity contribution in [2.75, 3.05) is 0 Å². The van der Waals surface area contributed by atoms with Crippen LogP contribution < -0.4 is 0 Å². The molecule has 0 atom stereocenters. The minimum absolute atomic E-state index is 0.372. The third-order valence-corrected chi connectivity index (χ3v) is 6.29. The highest BCUT2D eigenvalue weighted by atomic mass is 15.0. The van der Waals surface area contributed by atoms with E-state index in [0.29, 0.717) is 12.0 Å². The van der Waals surface area contributed by atoms with Crippen LogP contribution in [-0.4, -0.2) is 4.57 Å². The lowest BCUT2D eigenvalue weighted by Crippen LogP contribution is -2.01. The first-order chi connectivity index (χ1) is 15.0. The Balaban J connectivity index is 1.87. The summed E-state index contributed by atoms with van der Waals surface area (Å²) in [6.07, 6.45) is 0. The van der Waals surface area contributed by atoms with Crippen LogP contribution >= 0.6 is 0 Å². The molecule has 1 heterocycles. The fourth-order valence-electron chi connectivity index (χ4n) is 4.82. The Morgan fingerprint density at radius 3 is 1.71 bits per heavy atom. The van der Waals surface area contributed by atoms with Crippen molar-refractivity contribution >= 4 is 21.8 Å². The summed E-state index contributed by atoms with van der Waals surface area (Å²) in [5, 5.41) is 2.75. The van der Waals surface area contributed by atoms with E-state index < -0.39 is 0 Å². The van der Waals surface area contributed by atoms with Crippen LogP contribution in [0.15, 0.2) is 91.0 Å². The Hall–Kier alpha value is -3.32. The van der Waals surface area contributed by atoms with Crippen molar-refractivity contribution in [2.45, 2.75) is 39.7 Å². The van der Waals surface area contributed by atoms with Gasteiger partial charge < -0.3 is 4.57 Å². The molecule has 31 heavy (non-hydrogen) atoms. The van der Waals surface area contributed by atoms with E-state index in [1.807, 2.05) is 0 Å². The zero-order valence-electron chi connectivity index (χ0n) is 18.8. The van der Waals surface area contributed by atoms with Crippen LogP contribution in [-0.2, 0) is 0 Å². The number of hydrogen-bond acceptors (Lipinski definition) is 0. The molecule has 0 aliphatic heterocycles. The summed E-state index contributed by atoms with van der Waals surface area (Å²) in [5.41, 5.74) is 9.18. The van der Waals surface area contributed by atoms with Gasteiger partial charge in [-0.1, -0.05) is 92.7 Å². The van der Waals surface area contributed by atoms with Crippen LogP contribution in [0.25, 0.3) is 44.1 Å². The Bertz CT molecular complexity index is 1360. The highest BCUT2D eigenvalue weighted by Crippen LogP contribution is 2.40. The lowest BCUT2D eigenvalue weighted by atomic mass is 9.92. The van der Waals surface area contributed by atoms with Gasteiger partial charge in [0.05, 0.1) is 5.52 Å². The number of nitrogens with zero attached hydrogens (tertiary/aromatic N) is 1. The summed E-state index contributed by atoms with van der Waals surface area (Å²) in [4.78, 5) is 0. The minimum Gasteiger partial charge on any atom is -0.338 e. The van der Waals surface area contributed by atoms with Crippen LogP contribution in [0.1, 0.15) is 45.2 Å². The topological polar surface area (TPSA) is 4.93 Å². The van der Waals surface area contributed by atoms with Gasteiger partial charge in [0.2, 0.25) is 0 Å². The van der Waals surface area contributed by atoms with E-state index in [-0.39, 0.29) is 0 Å². The fourth-order valence-corrected chi connectivity index (χ4v) is 4.82. The Kier molecular flexibility index (Phi) is 4.90. The van der Waals surface area contributed by atoms with Gasteiger partial charge in [-0.3, -0.25) is 0 Å². The summed E-state index contributed by atoms with van der Waals surface area (Å²) in [5.74, 6) is 0.450. The van der Waals surface area contributed by atoms with E-state index in [1.54, 1.807) is 0 Å². The van der Waals surface area contributed by atoms with E-state index in [0.717, 1.165) is 0 Å². The second-order valence-corrected chi connectivity index (χ2v) is 9.04. The third kappa shape index (κ3) is 3.35. The summed E-state index contributed by atoms with van der Waals surface area (Å²) in [7, 11) is 0. The second kappa shape index (κ2) is 7.74. The number of hydrogen-bond donors (Lipinski definition) is 0. The van der Waals surface area contributed by atoms with Crippen molar-refractivity contribution in [2.24, 2.45) is 0 Å². The number of benzene rings is 4. The fraction of sp³-hybridized carbons (Fsp3) is 0.200. The largest absolute Gasteiger partial charge is 0.338 e. The predicted molar refractivity (Wildman–Crippen MR) is 135 cm³/mol. The van der Waals surface area contributed by atoms with Crippen LogP contribution in [0.3, 0.4) is 0 Å². The molecule has 0 unspecified atom stereocenters. The van der Waals surface area contributed by atoms with E-state index >= 15 is 0 Å². The smallest absolute Gasteiger partial charge is 0.0502 e. The molecule has 0 N–H and O–H groups in total. The van der Waals surface area contributed by atoms with Crippen LogP contribution in [0, 0.1) is 0 Å². The normalized spacial score (nSPS) is 11.8. The Morgan fingerprint density at radius 1 is 0.548 bits per heavy atom. The summed E-state index contributed by atoms with van der Waals surface area (Å²) in [6.45, 7) is 9.19. The molecule has 4 aromatic carbocycles. The molecular formula is C30H29N. The molecule has 1 heteroatoms. The van der Waals surface area contributed by atoms with Crippen molar-refractivity contribution in [3.63, 3.8) is 0 Å². The molecule has 1 nitrogen and oxygen atoms in total. The first-order valence-electron chi connectivity index (χ1n) is 11.3. The quantitative estimate of drug-likeness (QED) is 0.282. The maximum Gasteiger partial charge on any atom is 0.0502 e. The molecule has 0 radical (unpaired) electrons. The molecule has 0 bridgehead atoms. The van der Waals surface area contributed by atoms with E-state index in [4.69, 9.17) is 0 Å². The molecule has 5 aromatic rings. The molecule has 1 aromatic heterocycles. The zero-order chi connectivity index (χ0) is 21.5. The predicted octanol–water partition coefficient (Wildman–Crippen LogP) is 8.83. The molecule has 0 saturated carbocycles. The average Bonchev–Trinajstić information content (AvgIpc) is 3.13. The molecule has 5 rings (SSSR count). The van der Waals surface area contributed by atoms with Gasteiger partial charge in [-0.2, -0.15) is 0 Å². The SMILES string of the molecule is CC(C)c1cc(-c2ccccc2)cc2c1c1ccc(-c3ccccc3)cc1n2C(C)C. The lowest BCUT2D eigenvalue weighted by molar-refractivity contribution is 0.642. The average molecular weight is 404 g/mol. The molecule has 0 aliphatic rings. The van der Waals surface area contributed by atoms with Gasteiger partial charge >= 0.3 is 0 Å². The standard InChI is InChI=1S/C30H29N/c1-20(2)27-17-25(23-13-9-6-10-14-23)19-29-30(27)26-16-15-24(22-11-7-5-8-12-22)18-28(26)31(29)21(3)4/h5-21H,1-4H3. The second-order valence-electron chi connectivity index (χ2n) is 9.04. The van der Waals surface area contributed by atoms with Crippen molar-refractivity contribution < 1.29 is 0 Å². The van der Waals surface area contributed by atoms with Gasteiger partial charge in [0, 0.05) is 22.3 Å². The molecule has 0 fully saturated rings.